The van der Waals surface area contributed by atoms with Gasteiger partial charge in [-0.15, -0.1) is 0 Å². The summed E-state index contributed by atoms with van der Waals surface area (Å²) in [6, 6.07) is 9.97. The molecular formula is C26H37N3O3. The molecule has 1 saturated carbocycles. The third kappa shape index (κ3) is 6.35. The molecule has 2 heterocycles. The van der Waals surface area contributed by atoms with E-state index in [-0.39, 0.29) is 5.91 Å². The van der Waals surface area contributed by atoms with Crippen LogP contribution >= 0.6 is 0 Å². The Morgan fingerprint density at radius 1 is 1.16 bits per heavy atom. The molecule has 1 aliphatic heterocycles. The molecule has 4 rings (SSSR count). The highest BCUT2D eigenvalue weighted by atomic mass is 16.5. The van der Waals surface area contributed by atoms with Gasteiger partial charge in [0.15, 0.2) is 0 Å². The van der Waals surface area contributed by atoms with Crippen LogP contribution in [0.5, 0.6) is 5.75 Å². The summed E-state index contributed by atoms with van der Waals surface area (Å²) in [6.45, 7) is 2.38. The molecule has 6 heteroatoms. The summed E-state index contributed by atoms with van der Waals surface area (Å²) in [5.74, 6) is 3.44. The fraction of sp³-hybridized carbons (Fsp3) is 0.615. The Morgan fingerprint density at radius 2 is 2.00 bits per heavy atom. The summed E-state index contributed by atoms with van der Waals surface area (Å²) in [6.07, 6.45) is 10.1. The van der Waals surface area contributed by atoms with Crippen molar-refractivity contribution in [1.82, 2.24) is 15.8 Å². The Labute approximate surface area is 191 Å². The molecule has 0 radical (unpaired) electrons. The van der Waals surface area contributed by atoms with Crippen molar-refractivity contribution in [3.8, 4) is 5.75 Å². The third-order valence-corrected chi connectivity index (χ3v) is 7.17. The average Bonchev–Trinajstić information content (AvgIpc) is 3.26. The third-order valence-electron chi connectivity index (χ3n) is 7.17. The molecule has 0 unspecified atom stereocenters. The van der Waals surface area contributed by atoms with Crippen LogP contribution in [0.3, 0.4) is 0 Å². The van der Waals surface area contributed by atoms with Crippen LogP contribution in [0, 0.1) is 17.8 Å². The number of nitrogens with one attached hydrogen (secondary N) is 2. The molecule has 6 nitrogen and oxygen atoms in total. The molecular weight excluding hydrogens is 402 g/mol. The molecule has 0 spiro atoms. The fourth-order valence-electron chi connectivity index (χ4n) is 5.33. The van der Waals surface area contributed by atoms with E-state index in [1.54, 1.807) is 7.11 Å². The van der Waals surface area contributed by atoms with Crippen molar-refractivity contribution in [2.75, 3.05) is 20.2 Å². The Balaban J connectivity index is 1.28. The topological polar surface area (TPSA) is 76.4 Å². The number of para-hydroxylation sites is 1. The Hall–Kier alpha value is -2.34. The molecule has 1 amide bonds. The number of aromatic nitrogens is 1. The summed E-state index contributed by atoms with van der Waals surface area (Å²) in [4.78, 5) is 12.7. The number of methoxy groups -OCH3 is 1. The number of hydrogen-bond donors (Lipinski definition) is 2. The normalized spacial score (nSPS) is 21.9. The van der Waals surface area contributed by atoms with Crippen LogP contribution in [-0.2, 0) is 24.2 Å². The van der Waals surface area contributed by atoms with Gasteiger partial charge >= 0.3 is 0 Å². The van der Waals surface area contributed by atoms with Crippen molar-refractivity contribution in [2.45, 2.75) is 64.3 Å². The average molecular weight is 440 g/mol. The zero-order valence-electron chi connectivity index (χ0n) is 19.3. The maximum atomic E-state index is 12.7. The first kappa shape index (κ1) is 22.8. The first-order valence-electron chi connectivity index (χ1n) is 12.2. The molecule has 2 aliphatic rings. The minimum atomic E-state index is 0.103. The number of carbonyl (C=O) groups excluding carboxylic acids is 1. The molecule has 0 bridgehead atoms. The van der Waals surface area contributed by atoms with E-state index in [1.807, 2.05) is 24.3 Å². The van der Waals surface area contributed by atoms with E-state index < -0.39 is 0 Å². The van der Waals surface area contributed by atoms with Gasteiger partial charge in [0.25, 0.3) is 0 Å². The standard InChI is InChI=1S/C26H37N3O3/c1-31-25-10-6-5-9-21(25)18-28-26(30)15-20-11-12-27-17-22(20)14-23-16-24(32-29-23)13-19-7-3-2-4-8-19/h5-6,9-10,16,19-20,22,27H,2-4,7-8,11-15,17-18H2,1H3,(H,28,30)/t20-,22+/m1/s1. The minimum absolute atomic E-state index is 0.103. The second-order valence-corrected chi connectivity index (χ2v) is 9.50. The SMILES string of the molecule is COc1ccccc1CNC(=O)C[C@H]1CCNC[C@@H]1Cc1cc(CC2CCCCC2)on1. The molecule has 1 aromatic carbocycles. The lowest BCUT2D eigenvalue weighted by molar-refractivity contribution is -0.122. The monoisotopic (exact) mass is 439 g/mol. The van der Waals surface area contributed by atoms with Gasteiger partial charge in [-0.05, 0) is 49.8 Å². The van der Waals surface area contributed by atoms with Crippen LogP contribution in [0.25, 0.3) is 0 Å². The van der Waals surface area contributed by atoms with Crippen molar-refractivity contribution in [3.05, 3.63) is 47.3 Å². The predicted molar refractivity (Wildman–Crippen MR) is 124 cm³/mol. The molecule has 1 saturated heterocycles. The van der Waals surface area contributed by atoms with E-state index >= 15 is 0 Å². The molecule has 2 aromatic rings. The van der Waals surface area contributed by atoms with Crippen molar-refractivity contribution in [1.29, 1.82) is 0 Å². The molecule has 174 valence electrons. The number of amides is 1. The van der Waals surface area contributed by atoms with Gasteiger partial charge in [0, 0.05) is 31.0 Å². The number of piperidine rings is 1. The van der Waals surface area contributed by atoms with Gasteiger partial charge in [0.1, 0.15) is 11.5 Å². The van der Waals surface area contributed by atoms with Gasteiger partial charge in [-0.2, -0.15) is 0 Å². The number of benzene rings is 1. The molecule has 32 heavy (non-hydrogen) atoms. The Kier molecular flexibility index (Phi) is 8.21. The lowest BCUT2D eigenvalue weighted by Crippen LogP contribution is -2.40. The summed E-state index contributed by atoms with van der Waals surface area (Å²) < 4.78 is 11.1. The van der Waals surface area contributed by atoms with Crippen molar-refractivity contribution in [3.63, 3.8) is 0 Å². The van der Waals surface area contributed by atoms with Gasteiger partial charge in [0.2, 0.25) is 5.91 Å². The van der Waals surface area contributed by atoms with Crippen molar-refractivity contribution in [2.24, 2.45) is 17.8 Å². The quantitative estimate of drug-likeness (QED) is 0.610. The second kappa shape index (κ2) is 11.5. The van der Waals surface area contributed by atoms with Crippen molar-refractivity contribution < 1.29 is 14.1 Å². The van der Waals surface area contributed by atoms with E-state index in [4.69, 9.17) is 9.26 Å². The number of carbonyl (C=O) groups is 1. The molecule has 1 aliphatic carbocycles. The van der Waals surface area contributed by atoms with E-state index in [0.29, 0.717) is 24.8 Å². The van der Waals surface area contributed by atoms with Crippen LogP contribution < -0.4 is 15.4 Å². The molecule has 1 aromatic heterocycles. The van der Waals surface area contributed by atoms with E-state index in [0.717, 1.165) is 61.0 Å². The fourth-order valence-corrected chi connectivity index (χ4v) is 5.33. The first-order valence-corrected chi connectivity index (χ1v) is 12.2. The smallest absolute Gasteiger partial charge is 0.220 e. The van der Waals surface area contributed by atoms with E-state index in [2.05, 4.69) is 21.9 Å². The van der Waals surface area contributed by atoms with Crippen molar-refractivity contribution >= 4 is 5.91 Å². The highest BCUT2D eigenvalue weighted by Gasteiger charge is 2.28. The lowest BCUT2D eigenvalue weighted by Gasteiger charge is -2.31. The van der Waals surface area contributed by atoms with Gasteiger partial charge < -0.3 is 19.9 Å². The molecule has 2 N–H and O–H groups in total. The van der Waals surface area contributed by atoms with Crippen LogP contribution in [0.4, 0.5) is 0 Å². The second-order valence-electron chi connectivity index (χ2n) is 9.50. The largest absolute Gasteiger partial charge is 0.496 e. The zero-order chi connectivity index (χ0) is 22.2. The summed E-state index contributed by atoms with van der Waals surface area (Å²) in [7, 11) is 1.66. The van der Waals surface area contributed by atoms with Crippen LogP contribution in [0.2, 0.25) is 0 Å². The van der Waals surface area contributed by atoms with Crippen LogP contribution in [-0.4, -0.2) is 31.3 Å². The maximum absolute atomic E-state index is 12.7. The summed E-state index contributed by atoms with van der Waals surface area (Å²) in [5, 5.41) is 10.9. The van der Waals surface area contributed by atoms with Crippen LogP contribution in [0.1, 0.15) is 62.0 Å². The zero-order valence-corrected chi connectivity index (χ0v) is 19.3. The van der Waals surface area contributed by atoms with Gasteiger partial charge in [-0.3, -0.25) is 4.79 Å². The minimum Gasteiger partial charge on any atom is -0.496 e. The molecule has 2 atom stereocenters. The van der Waals surface area contributed by atoms with Crippen LogP contribution in [0.15, 0.2) is 34.9 Å². The first-order chi connectivity index (χ1) is 15.7. The Bertz CT molecular complexity index is 860. The highest BCUT2D eigenvalue weighted by Crippen LogP contribution is 2.29. The van der Waals surface area contributed by atoms with Gasteiger partial charge in [-0.25, -0.2) is 0 Å². The lowest BCUT2D eigenvalue weighted by atomic mass is 9.81. The highest BCUT2D eigenvalue weighted by molar-refractivity contribution is 5.76. The van der Waals surface area contributed by atoms with Gasteiger partial charge in [0.05, 0.1) is 12.8 Å². The number of rotatable bonds is 9. The number of ether oxygens (including phenoxy) is 1. The predicted octanol–water partition coefficient (Wildman–Crippen LogP) is 4.28. The Morgan fingerprint density at radius 3 is 2.84 bits per heavy atom. The summed E-state index contributed by atoms with van der Waals surface area (Å²) >= 11 is 0. The van der Waals surface area contributed by atoms with Gasteiger partial charge in [-0.1, -0.05) is 55.5 Å². The number of hydrogen-bond acceptors (Lipinski definition) is 5. The maximum Gasteiger partial charge on any atom is 0.220 e. The summed E-state index contributed by atoms with van der Waals surface area (Å²) in [5.41, 5.74) is 2.03. The molecule has 2 fully saturated rings. The van der Waals surface area contributed by atoms with E-state index in [9.17, 15) is 4.79 Å². The van der Waals surface area contributed by atoms with E-state index in [1.165, 1.54) is 32.1 Å². The number of nitrogens with zero attached hydrogens (tertiary/aromatic N) is 1.